The fourth-order valence-corrected chi connectivity index (χ4v) is 20.5. The Balaban J connectivity index is 1.11. The first-order chi connectivity index (χ1) is 31.6. The van der Waals surface area contributed by atoms with Crippen molar-refractivity contribution in [2.24, 2.45) is 128 Å². The monoisotopic (exact) mass is 987 g/mol. The van der Waals surface area contributed by atoms with Crippen molar-refractivity contribution < 1.29 is 27.1 Å². The quantitative estimate of drug-likeness (QED) is 0.256. The topological polar surface area (TPSA) is 55.4 Å². The summed E-state index contributed by atoms with van der Waals surface area (Å²) in [7, 11) is -3.11. The minimum Gasteiger partial charge on any atom is -0.309 e. The highest BCUT2D eigenvalue weighted by atomic mass is 31.2. The Bertz CT molecular complexity index is 1450. The van der Waals surface area contributed by atoms with Crippen molar-refractivity contribution in [3.05, 3.63) is 0 Å². The van der Waals surface area contributed by atoms with Crippen molar-refractivity contribution in [2.75, 3.05) is 0 Å². The van der Waals surface area contributed by atoms with Gasteiger partial charge in [-0.15, -0.1) is 0 Å². The van der Waals surface area contributed by atoms with Gasteiger partial charge in [-0.3, -0.25) is 0 Å². The highest BCUT2D eigenvalue weighted by Crippen LogP contribution is 2.67. The van der Waals surface area contributed by atoms with Gasteiger partial charge in [-0.05, 0) is 180 Å². The Hall–Kier alpha value is 0.620. The van der Waals surface area contributed by atoms with Gasteiger partial charge in [-0.25, -0.2) is 0 Å². The van der Waals surface area contributed by atoms with Gasteiger partial charge < -0.3 is 27.1 Å². The van der Waals surface area contributed by atoms with Crippen molar-refractivity contribution in [2.45, 2.75) is 252 Å². The summed E-state index contributed by atoms with van der Waals surface area (Å²) >= 11 is 0. The second-order valence-electron chi connectivity index (χ2n) is 30.4. The van der Waals surface area contributed by atoms with E-state index >= 15 is 0 Å². The first-order valence-electron chi connectivity index (χ1n) is 29.2. The van der Waals surface area contributed by atoms with Gasteiger partial charge in [0.15, 0.2) is 0 Å². The van der Waals surface area contributed by atoms with E-state index in [1.807, 2.05) is 0 Å². The van der Waals surface area contributed by atoms with Crippen molar-refractivity contribution >= 4 is 17.2 Å². The average Bonchev–Trinajstić information content (AvgIpc) is 3.51. The molecule has 6 aliphatic carbocycles. The summed E-state index contributed by atoms with van der Waals surface area (Å²) in [6.07, 6.45) is 15.1. The molecule has 0 N–H and O–H groups in total. The molecule has 0 aromatic rings. The van der Waals surface area contributed by atoms with Crippen LogP contribution in [0.25, 0.3) is 0 Å². The van der Waals surface area contributed by atoms with E-state index in [4.69, 9.17) is 27.1 Å². The van der Waals surface area contributed by atoms with Gasteiger partial charge in [0.05, 0.1) is 36.6 Å². The molecule has 0 amide bonds. The SMILES string of the molecule is CC1C[C@@H](C(C)(C)C)C2OP(OC3CCCCC3C3CCCCC3OP3OC4C(C5C(C)C(C)C[C@@H](C(C)(C)C)C5O3)[C@H](C)[C@H](C)CC4C(C)(C)C)OC3C(C2C1C)[C@H](C)[C@H](C)CC3C(C)(C)C. The summed E-state index contributed by atoms with van der Waals surface area (Å²) in [5.74, 6) is 9.51. The Labute approximate surface area is 422 Å². The third kappa shape index (κ3) is 10.8. The molecule has 8 fully saturated rings. The zero-order valence-electron chi connectivity index (χ0n) is 47.7. The molecule has 8 heteroatoms. The van der Waals surface area contributed by atoms with Crippen LogP contribution < -0.4 is 0 Å². The molecule has 0 aromatic carbocycles. The maximum atomic E-state index is 7.68. The molecular weight excluding hydrogens is 879 g/mol. The first-order valence-corrected chi connectivity index (χ1v) is 31.4. The summed E-state index contributed by atoms with van der Waals surface area (Å²) in [4.78, 5) is 0. The lowest BCUT2D eigenvalue weighted by atomic mass is 9.51. The average molecular weight is 987 g/mol. The van der Waals surface area contributed by atoms with Gasteiger partial charge >= 0.3 is 17.2 Å². The Morgan fingerprint density at radius 1 is 0.338 bits per heavy atom. The smallest absolute Gasteiger partial charge is 0.309 e. The molecule has 20 unspecified atom stereocenters. The lowest BCUT2D eigenvalue weighted by Gasteiger charge is -2.56. The Kier molecular flexibility index (Phi) is 16.6. The van der Waals surface area contributed by atoms with E-state index in [-0.39, 0.29) is 58.3 Å². The maximum Gasteiger partial charge on any atom is 0.333 e. The van der Waals surface area contributed by atoms with E-state index in [2.05, 4.69) is 138 Å². The minimum atomic E-state index is -1.56. The van der Waals surface area contributed by atoms with E-state index in [0.717, 1.165) is 12.8 Å². The van der Waals surface area contributed by atoms with Gasteiger partial charge in [0.2, 0.25) is 0 Å². The van der Waals surface area contributed by atoms with Gasteiger partial charge in [0.1, 0.15) is 0 Å². The predicted octanol–water partition coefficient (Wildman–Crippen LogP) is 18.0. The summed E-state index contributed by atoms with van der Waals surface area (Å²) in [5, 5.41) is 0. The molecule has 0 bridgehead atoms. The molecule has 8 rings (SSSR count). The summed E-state index contributed by atoms with van der Waals surface area (Å²) in [6, 6.07) is 0. The van der Waals surface area contributed by atoms with E-state index < -0.39 is 17.2 Å². The first kappa shape index (κ1) is 54.9. The third-order valence-electron chi connectivity index (χ3n) is 22.3. The third-order valence-corrected chi connectivity index (χ3v) is 24.8. The van der Waals surface area contributed by atoms with Crippen LogP contribution in [0, 0.1) is 128 Å². The van der Waals surface area contributed by atoms with Crippen LogP contribution in [-0.2, 0) is 27.1 Å². The van der Waals surface area contributed by atoms with E-state index in [1.165, 1.54) is 64.2 Å². The van der Waals surface area contributed by atoms with Crippen molar-refractivity contribution in [3.8, 4) is 0 Å². The van der Waals surface area contributed by atoms with Crippen molar-refractivity contribution in [3.63, 3.8) is 0 Å². The minimum absolute atomic E-state index is 0.106. The summed E-state index contributed by atoms with van der Waals surface area (Å²) < 4.78 is 46.0. The van der Waals surface area contributed by atoms with Crippen LogP contribution in [0.15, 0.2) is 0 Å². The fraction of sp³-hybridized carbons (Fsp3) is 1.00. The molecule has 6 saturated carbocycles. The lowest BCUT2D eigenvalue weighted by Crippen LogP contribution is -2.56. The van der Waals surface area contributed by atoms with Crippen LogP contribution in [0.3, 0.4) is 0 Å². The Morgan fingerprint density at radius 2 is 0.559 bits per heavy atom. The zero-order valence-corrected chi connectivity index (χ0v) is 49.5. The van der Waals surface area contributed by atoms with Gasteiger partial charge in [0, 0.05) is 0 Å². The molecule has 2 aliphatic heterocycles. The molecule has 2 heterocycles. The molecular formula is C60H108O6P2. The highest BCUT2D eigenvalue weighted by molar-refractivity contribution is 7.42. The predicted molar refractivity (Wildman–Crippen MR) is 285 cm³/mol. The van der Waals surface area contributed by atoms with Crippen molar-refractivity contribution in [1.82, 2.24) is 0 Å². The van der Waals surface area contributed by atoms with Gasteiger partial charge in [0.25, 0.3) is 0 Å². The van der Waals surface area contributed by atoms with Crippen LogP contribution in [-0.4, -0.2) is 36.6 Å². The van der Waals surface area contributed by atoms with Crippen molar-refractivity contribution in [1.29, 1.82) is 0 Å². The van der Waals surface area contributed by atoms with E-state index in [0.29, 0.717) is 107 Å². The highest BCUT2D eigenvalue weighted by Gasteiger charge is 2.62. The molecule has 0 spiro atoms. The molecule has 0 aromatic heterocycles. The molecule has 6 nitrogen and oxygen atoms in total. The largest absolute Gasteiger partial charge is 0.333 e. The van der Waals surface area contributed by atoms with Crippen LogP contribution in [0.5, 0.6) is 0 Å². The van der Waals surface area contributed by atoms with E-state index in [1.54, 1.807) is 0 Å². The molecule has 68 heavy (non-hydrogen) atoms. The standard InChI is InChI=1S/C60H108O6P2/c1-33-29-43(57(9,10)11)53-49(37(33)5)50-38(6)34(2)30-44(58(12,13)14)54(50)64-67(63-53)61-47-27-23-21-25-41(47)42-26-22-24-28-48(42)62-68-65-55-45(59(15,16)17)31-35(3)39(7)51(55)52-40(8)36(4)32-46(56(52)66-68)60(18,19)20/h33-56H,21-32H2,1-20H3/t33-,34?,35-,36?,37-,38?,39-,40?,41?,42?,43?,44-,45?,46-,47?,48?,49?,50?,51?,52?,53?,54?,55?,56?,67?,68?/m1/s1. The molecule has 2 saturated heterocycles. The van der Waals surface area contributed by atoms with E-state index in [9.17, 15) is 0 Å². The molecule has 394 valence electrons. The van der Waals surface area contributed by atoms with Crippen LogP contribution in [0.2, 0.25) is 0 Å². The van der Waals surface area contributed by atoms with Gasteiger partial charge in [-0.1, -0.05) is 164 Å². The normalized spacial score (nSPS) is 51.0. The molecule has 8 aliphatic rings. The Morgan fingerprint density at radius 3 is 0.779 bits per heavy atom. The van der Waals surface area contributed by atoms with Crippen LogP contribution in [0.1, 0.15) is 216 Å². The number of fused-ring (bicyclic) bond motifs is 6. The maximum absolute atomic E-state index is 7.68. The summed E-state index contributed by atoms with van der Waals surface area (Å²) in [5.41, 5.74) is 0.543. The molecule has 26 atom stereocenters. The van der Waals surface area contributed by atoms with Gasteiger partial charge in [-0.2, -0.15) is 0 Å². The summed E-state index contributed by atoms with van der Waals surface area (Å²) in [6.45, 7) is 50.1. The second kappa shape index (κ2) is 20.6. The van der Waals surface area contributed by atoms with Crippen LogP contribution in [0.4, 0.5) is 0 Å². The lowest BCUT2D eigenvalue weighted by molar-refractivity contribution is -0.123. The second-order valence-corrected chi connectivity index (χ2v) is 32.6. The number of hydrogen-bond acceptors (Lipinski definition) is 6. The number of hydrogen-bond donors (Lipinski definition) is 0. The van der Waals surface area contributed by atoms with Crippen LogP contribution >= 0.6 is 17.2 Å². The number of rotatable bonds is 5. The zero-order chi connectivity index (χ0) is 49.7. The fourth-order valence-electron chi connectivity index (χ4n) is 17.3. The molecule has 0 radical (unpaired) electrons.